The van der Waals surface area contributed by atoms with Crippen molar-refractivity contribution in [1.29, 1.82) is 0 Å². The molecule has 0 fully saturated rings. The minimum atomic E-state index is -0.0459. The molecule has 0 bridgehead atoms. The lowest BCUT2D eigenvalue weighted by Gasteiger charge is -2.37. The Morgan fingerprint density at radius 2 is 2.17 bits per heavy atom. The fourth-order valence-corrected chi connectivity index (χ4v) is 2.87. The average molecular weight is 311 g/mol. The van der Waals surface area contributed by atoms with E-state index in [4.69, 9.17) is 4.74 Å². The minimum absolute atomic E-state index is 0.0383. The molecule has 1 atom stereocenters. The monoisotopic (exact) mass is 311 g/mol. The third-order valence-electron chi connectivity index (χ3n) is 4.04. The molecule has 1 aromatic carbocycles. The minimum Gasteiger partial charge on any atom is -0.485 e. The third kappa shape index (κ3) is 3.28. The number of hydrogen-bond donors (Lipinski definition) is 0. The molecule has 1 amide bonds. The Kier molecular flexibility index (Phi) is 4.46. The zero-order valence-corrected chi connectivity index (χ0v) is 13.5. The Bertz CT molecular complexity index is 675. The Morgan fingerprint density at radius 1 is 1.35 bits per heavy atom. The number of carbonyl (C=O) groups excluding carboxylic acids is 1. The van der Waals surface area contributed by atoms with Gasteiger partial charge >= 0.3 is 0 Å². The summed E-state index contributed by atoms with van der Waals surface area (Å²) < 4.78 is 6.07. The molecule has 0 radical (unpaired) electrons. The molecule has 0 N–H and O–H groups in total. The fourth-order valence-electron chi connectivity index (χ4n) is 2.87. The Morgan fingerprint density at radius 3 is 2.91 bits per heavy atom. The van der Waals surface area contributed by atoms with Gasteiger partial charge in [-0.1, -0.05) is 12.1 Å². The van der Waals surface area contributed by atoms with Crippen LogP contribution in [-0.4, -0.2) is 48.6 Å². The van der Waals surface area contributed by atoms with Gasteiger partial charge in [-0.05, 0) is 31.2 Å². The molecular weight excluding hydrogens is 290 g/mol. The zero-order valence-electron chi connectivity index (χ0n) is 13.5. The number of pyridine rings is 1. The maximum atomic E-state index is 12.4. The van der Waals surface area contributed by atoms with Crippen LogP contribution in [0, 0.1) is 0 Å². The summed E-state index contributed by atoms with van der Waals surface area (Å²) in [5.74, 6) is 0.844. The lowest BCUT2D eigenvalue weighted by atomic mass is 10.1. The van der Waals surface area contributed by atoms with Gasteiger partial charge in [0.2, 0.25) is 0 Å². The maximum Gasteiger partial charge on any atom is 0.255 e. The van der Waals surface area contributed by atoms with E-state index in [9.17, 15) is 4.79 Å². The van der Waals surface area contributed by atoms with E-state index in [0.29, 0.717) is 12.1 Å². The van der Waals surface area contributed by atoms with Gasteiger partial charge in [-0.2, -0.15) is 0 Å². The van der Waals surface area contributed by atoms with Crippen molar-refractivity contribution >= 4 is 11.6 Å². The number of hydrogen-bond acceptors (Lipinski definition) is 4. The van der Waals surface area contributed by atoms with Crippen LogP contribution in [0.2, 0.25) is 0 Å². The number of amides is 1. The van der Waals surface area contributed by atoms with Gasteiger partial charge in [0.25, 0.3) is 5.91 Å². The number of likely N-dealkylation sites (N-methyl/N-ethyl adjacent to an activating group) is 2. The molecule has 2 heterocycles. The van der Waals surface area contributed by atoms with Crippen molar-refractivity contribution < 1.29 is 9.53 Å². The van der Waals surface area contributed by atoms with Crippen LogP contribution in [0.1, 0.15) is 17.3 Å². The Hall–Kier alpha value is -2.56. The molecule has 1 aliphatic heterocycles. The fraction of sp³-hybridized carbons (Fsp3) is 0.333. The van der Waals surface area contributed by atoms with Crippen LogP contribution in [0.4, 0.5) is 5.69 Å². The molecule has 0 spiro atoms. The normalized spacial score (nSPS) is 16.4. The van der Waals surface area contributed by atoms with Crippen LogP contribution in [0.5, 0.6) is 5.75 Å². The van der Waals surface area contributed by atoms with Crippen molar-refractivity contribution in [3.63, 3.8) is 0 Å². The molecular formula is C18H21N3O2. The number of nitrogens with zero attached hydrogens (tertiary/aromatic N) is 3. The van der Waals surface area contributed by atoms with Gasteiger partial charge in [0, 0.05) is 26.0 Å². The molecule has 0 saturated carbocycles. The second-order valence-corrected chi connectivity index (χ2v) is 5.67. The second-order valence-electron chi connectivity index (χ2n) is 5.67. The predicted molar refractivity (Wildman–Crippen MR) is 89.9 cm³/mol. The van der Waals surface area contributed by atoms with E-state index in [1.165, 1.54) is 0 Å². The summed E-state index contributed by atoms with van der Waals surface area (Å²) in [6, 6.07) is 11.6. The molecule has 2 aromatic rings. The van der Waals surface area contributed by atoms with Crippen LogP contribution in [0.25, 0.3) is 0 Å². The standard InChI is InChI=1S/C18H21N3O2/c1-3-21-13-15(23-17-9-5-4-8-16(17)21)12-20(2)18(22)14-7-6-10-19-11-14/h4-11,15H,3,12-13H2,1-2H3/t15-/m1/s1. The van der Waals surface area contributed by atoms with Crippen molar-refractivity contribution in [3.05, 3.63) is 54.4 Å². The molecule has 0 unspecified atom stereocenters. The van der Waals surface area contributed by atoms with E-state index in [1.807, 2.05) is 18.2 Å². The van der Waals surface area contributed by atoms with E-state index in [1.54, 1.807) is 36.5 Å². The molecule has 1 aromatic heterocycles. The number of rotatable bonds is 4. The smallest absolute Gasteiger partial charge is 0.255 e. The first-order chi connectivity index (χ1) is 11.2. The molecule has 0 aliphatic carbocycles. The highest BCUT2D eigenvalue weighted by Crippen LogP contribution is 2.32. The summed E-state index contributed by atoms with van der Waals surface area (Å²) in [5.41, 5.74) is 1.71. The van der Waals surface area contributed by atoms with E-state index in [0.717, 1.165) is 24.5 Å². The SMILES string of the molecule is CCN1C[C@@H](CN(C)C(=O)c2cccnc2)Oc2ccccc21. The Balaban J connectivity index is 1.70. The topological polar surface area (TPSA) is 45.7 Å². The summed E-state index contributed by atoms with van der Waals surface area (Å²) >= 11 is 0. The molecule has 23 heavy (non-hydrogen) atoms. The molecule has 120 valence electrons. The van der Waals surface area contributed by atoms with Gasteiger partial charge < -0.3 is 14.5 Å². The van der Waals surface area contributed by atoms with Crippen molar-refractivity contribution in [2.24, 2.45) is 0 Å². The van der Waals surface area contributed by atoms with E-state index >= 15 is 0 Å². The van der Waals surface area contributed by atoms with Crippen LogP contribution in [0.15, 0.2) is 48.8 Å². The maximum absolute atomic E-state index is 12.4. The first-order valence-corrected chi connectivity index (χ1v) is 7.85. The Labute approximate surface area is 136 Å². The first kappa shape index (κ1) is 15.3. The van der Waals surface area contributed by atoms with Gasteiger partial charge in [0.15, 0.2) is 0 Å². The van der Waals surface area contributed by atoms with Crippen molar-refractivity contribution in [2.45, 2.75) is 13.0 Å². The number of benzene rings is 1. The molecule has 0 saturated heterocycles. The summed E-state index contributed by atoms with van der Waals surface area (Å²) in [5, 5.41) is 0. The summed E-state index contributed by atoms with van der Waals surface area (Å²) in [4.78, 5) is 20.4. The summed E-state index contributed by atoms with van der Waals surface area (Å²) in [6.07, 6.45) is 3.21. The van der Waals surface area contributed by atoms with Crippen molar-refractivity contribution in [1.82, 2.24) is 9.88 Å². The van der Waals surface area contributed by atoms with Crippen molar-refractivity contribution in [2.75, 3.05) is 31.6 Å². The predicted octanol–water partition coefficient (Wildman–Crippen LogP) is 2.44. The van der Waals surface area contributed by atoms with Gasteiger partial charge in [-0.3, -0.25) is 9.78 Å². The molecule has 1 aliphatic rings. The lowest BCUT2D eigenvalue weighted by Crippen LogP contribution is -2.46. The van der Waals surface area contributed by atoms with E-state index < -0.39 is 0 Å². The summed E-state index contributed by atoms with van der Waals surface area (Å²) in [7, 11) is 1.80. The number of carbonyl (C=O) groups is 1. The van der Waals surface area contributed by atoms with E-state index in [-0.39, 0.29) is 12.0 Å². The molecule has 5 heteroatoms. The largest absolute Gasteiger partial charge is 0.485 e. The van der Waals surface area contributed by atoms with Crippen LogP contribution in [0.3, 0.4) is 0 Å². The van der Waals surface area contributed by atoms with Crippen LogP contribution in [-0.2, 0) is 0 Å². The van der Waals surface area contributed by atoms with E-state index in [2.05, 4.69) is 22.9 Å². The van der Waals surface area contributed by atoms with Gasteiger partial charge in [-0.25, -0.2) is 0 Å². The number of aromatic nitrogens is 1. The molecule has 3 rings (SSSR count). The zero-order chi connectivity index (χ0) is 16.2. The average Bonchev–Trinajstić information content (AvgIpc) is 2.61. The quantitative estimate of drug-likeness (QED) is 0.870. The first-order valence-electron chi connectivity index (χ1n) is 7.85. The highest BCUT2D eigenvalue weighted by molar-refractivity contribution is 5.93. The number of para-hydroxylation sites is 2. The third-order valence-corrected chi connectivity index (χ3v) is 4.04. The van der Waals surface area contributed by atoms with Crippen molar-refractivity contribution in [3.8, 4) is 5.75 Å². The van der Waals surface area contributed by atoms with Gasteiger partial charge in [0.1, 0.15) is 11.9 Å². The van der Waals surface area contributed by atoms with Crippen LogP contribution >= 0.6 is 0 Å². The van der Waals surface area contributed by atoms with Gasteiger partial charge in [0.05, 0.1) is 24.3 Å². The lowest BCUT2D eigenvalue weighted by molar-refractivity contribution is 0.0709. The highest BCUT2D eigenvalue weighted by atomic mass is 16.5. The summed E-state index contributed by atoms with van der Waals surface area (Å²) in [6.45, 7) is 4.36. The molecule has 5 nitrogen and oxygen atoms in total. The highest BCUT2D eigenvalue weighted by Gasteiger charge is 2.26. The second kappa shape index (κ2) is 6.69. The van der Waals surface area contributed by atoms with Gasteiger partial charge in [-0.15, -0.1) is 0 Å². The number of anilines is 1. The number of ether oxygens (including phenoxy) is 1. The van der Waals surface area contributed by atoms with Crippen LogP contribution < -0.4 is 9.64 Å². The number of fused-ring (bicyclic) bond motifs is 1.